The number of hydrazine groups is 1. The van der Waals surface area contributed by atoms with Crippen LogP contribution in [0.1, 0.15) is 46.3 Å². The van der Waals surface area contributed by atoms with Gasteiger partial charge in [0, 0.05) is 18.7 Å². The largest absolute Gasteiger partial charge is 0.277 e. The maximum absolute atomic E-state index is 13.2. The van der Waals surface area contributed by atoms with Gasteiger partial charge in [0.1, 0.15) is 0 Å². The molecule has 3 aromatic carbocycles. The van der Waals surface area contributed by atoms with Crippen LogP contribution in [0.2, 0.25) is 0 Å². The SMILES string of the molecule is Cc1ccc(CCC2CCN(N(C=O)C(=O)c3ccc(-c4ccccc4)cc3C)CC2)cc1. The minimum Gasteiger partial charge on any atom is -0.277 e. The first-order chi connectivity index (χ1) is 16.0. The molecule has 1 fully saturated rings. The van der Waals surface area contributed by atoms with Crippen LogP contribution in [-0.4, -0.2) is 35.4 Å². The number of nitrogens with zero attached hydrogens (tertiary/aromatic N) is 2. The van der Waals surface area contributed by atoms with Crippen molar-refractivity contribution in [2.45, 2.75) is 39.5 Å². The Morgan fingerprint density at radius 2 is 1.64 bits per heavy atom. The first-order valence-corrected chi connectivity index (χ1v) is 11.8. The molecule has 1 saturated heterocycles. The van der Waals surface area contributed by atoms with E-state index in [1.807, 2.05) is 48.3 Å². The van der Waals surface area contributed by atoms with Gasteiger partial charge in [0.2, 0.25) is 6.41 Å². The Morgan fingerprint density at radius 3 is 2.27 bits per heavy atom. The zero-order chi connectivity index (χ0) is 23.2. The molecule has 4 heteroatoms. The van der Waals surface area contributed by atoms with E-state index < -0.39 is 0 Å². The van der Waals surface area contributed by atoms with E-state index in [1.165, 1.54) is 16.1 Å². The van der Waals surface area contributed by atoms with Crippen LogP contribution < -0.4 is 0 Å². The number of hydrogen-bond acceptors (Lipinski definition) is 3. The first-order valence-electron chi connectivity index (χ1n) is 11.8. The van der Waals surface area contributed by atoms with Crippen molar-refractivity contribution in [1.82, 2.24) is 10.0 Å². The average Bonchev–Trinajstić information content (AvgIpc) is 2.85. The monoisotopic (exact) mass is 440 g/mol. The van der Waals surface area contributed by atoms with Crippen molar-refractivity contribution in [2.24, 2.45) is 5.92 Å². The zero-order valence-electron chi connectivity index (χ0n) is 19.5. The molecule has 33 heavy (non-hydrogen) atoms. The van der Waals surface area contributed by atoms with Crippen LogP contribution in [-0.2, 0) is 11.2 Å². The molecule has 0 radical (unpaired) electrons. The minimum atomic E-state index is -0.250. The molecule has 2 amide bonds. The van der Waals surface area contributed by atoms with Crippen molar-refractivity contribution in [2.75, 3.05) is 13.1 Å². The van der Waals surface area contributed by atoms with Gasteiger partial charge in [0.05, 0.1) is 0 Å². The molecule has 4 rings (SSSR count). The van der Waals surface area contributed by atoms with Gasteiger partial charge in [-0.2, -0.15) is 0 Å². The van der Waals surface area contributed by atoms with Crippen LogP contribution >= 0.6 is 0 Å². The summed E-state index contributed by atoms with van der Waals surface area (Å²) in [5.41, 5.74) is 6.29. The molecule has 0 atom stereocenters. The molecule has 0 N–H and O–H groups in total. The van der Waals surface area contributed by atoms with Gasteiger partial charge in [-0.1, -0.05) is 72.3 Å². The molecule has 3 aromatic rings. The summed E-state index contributed by atoms with van der Waals surface area (Å²) in [7, 11) is 0. The quantitative estimate of drug-likeness (QED) is 0.434. The van der Waals surface area contributed by atoms with Crippen LogP contribution in [0.4, 0.5) is 0 Å². The van der Waals surface area contributed by atoms with Gasteiger partial charge >= 0.3 is 0 Å². The van der Waals surface area contributed by atoms with Crippen molar-refractivity contribution in [3.63, 3.8) is 0 Å². The molecule has 4 nitrogen and oxygen atoms in total. The number of imide groups is 1. The Bertz CT molecular complexity index is 1080. The summed E-state index contributed by atoms with van der Waals surface area (Å²) in [5.74, 6) is 0.373. The maximum atomic E-state index is 13.2. The Balaban J connectivity index is 1.36. The zero-order valence-corrected chi connectivity index (χ0v) is 19.5. The molecule has 0 aliphatic carbocycles. The number of amides is 2. The number of benzene rings is 3. The number of carbonyl (C=O) groups is 2. The average molecular weight is 441 g/mol. The molecule has 0 bridgehead atoms. The fourth-order valence-corrected chi connectivity index (χ4v) is 4.63. The van der Waals surface area contributed by atoms with Crippen molar-refractivity contribution in [3.05, 3.63) is 95.1 Å². The molecule has 0 spiro atoms. The molecule has 1 heterocycles. The molecular weight excluding hydrogens is 408 g/mol. The second kappa shape index (κ2) is 10.6. The number of hydrogen-bond donors (Lipinski definition) is 0. The van der Waals surface area contributed by atoms with Crippen LogP contribution in [0.5, 0.6) is 0 Å². The summed E-state index contributed by atoms with van der Waals surface area (Å²) < 4.78 is 0. The van der Waals surface area contributed by atoms with E-state index in [2.05, 4.69) is 43.3 Å². The number of aryl methyl sites for hydroxylation is 3. The molecule has 0 saturated carbocycles. The fraction of sp³-hybridized carbons (Fsp3) is 0.310. The van der Waals surface area contributed by atoms with E-state index in [1.54, 1.807) is 0 Å². The summed E-state index contributed by atoms with van der Waals surface area (Å²) in [5, 5.41) is 3.18. The summed E-state index contributed by atoms with van der Waals surface area (Å²) >= 11 is 0. The first kappa shape index (κ1) is 22.9. The molecule has 170 valence electrons. The summed E-state index contributed by atoms with van der Waals surface area (Å²) in [6.07, 6.45) is 4.88. The highest BCUT2D eigenvalue weighted by Crippen LogP contribution is 2.26. The highest BCUT2D eigenvalue weighted by Gasteiger charge is 2.28. The third kappa shape index (κ3) is 5.58. The smallest absolute Gasteiger partial charge is 0.275 e. The number of piperidine rings is 1. The lowest BCUT2D eigenvalue weighted by molar-refractivity contribution is -0.130. The Labute approximate surface area is 196 Å². The standard InChI is InChI=1S/C29H32N2O2/c1-22-8-10-24(11-9-22)12-13-25-16-18-30(19-17-25)31(21-32)29(33)28-15-14-27(20-23(28)2)26-6-4-3-5-7-26/h3-11,14-15,20-21,25H,12-13,16-19H2,1-2H3. The Morgan fingerprint density at radius 1 is 0.939 bits per heavy atom. The summed E-state index contributed by atoms with van der Waals surface area (Å²) in [4.78, 5) is 25.1. The number of rotatable bonds is 7. The van der Waals surface area contributed by atoms with E-state index in [4.69, 9.17) is 0 Å². The predicted molar refractivity (Wildman–Crippen MR) is 133 cm³/mol. The third-order valence-corrected chi connectivity index (χ3v) is 6.73. The van der Waals surface area contributed by atoms with E-state index >= 15 is 0 Å². The van der Waals surface area contributed by atoms with Crippen molar-refractivity contribution >= 4 is 12.3 Å². The van der Waals surface area contributed by atoms with Gasteiger partial charge in [0.15, 0.2) is 0 Å². The lowest BCUT2D eigenvalue weighted by Crippen LogP contribution is -2.49. The van der Waals surface area contributed by atoms with Crippen LogP contribution in [0.25, 0.3) is 11.1 Å². The van der Waals surface area contributed by atoms with E-state index in [0.717, 1.165) is 55.5 Å². The van der Waals surface area contributed by atoms with E-state index in [-0.39, 0.29) is 5.91 Å². The van der Waals surface area contributed by atoms with E-state index in [0.29, 0.717) is 17.9 Å². The van der Waals surface area contributed by atoms with E-state index in [9.17, 15) is 9.59 Å². The van der Waals surface area contributed by atoms with Gasteiger partial charge in [-0.05, 0) is 73.8 Å². The van der Waals surface area contributed by atoms with Crippen LogP contribution in [0.3, 0.4) is 0 Å². The highest BCUT2D eigenvalue weighted by molar-refractivity contribution is 6.01. The van der Waals surface area contributed by atoms with Crippen molar-refractivity contribution < 1.29 is 9.59 Å². The van der Waals surface area contributed by atoms with Gasteiger partial charge in [-0.15, -0.1) is 0 Å². The van der Waals surface area contributed by atoms with Gasteiger partial charge in [-0.3, -0.25) is 9.59 Å². The van der Waals surface area contributed by atoms with Crippen LogP contribution in [0, 0.1) is 19.8 Å². The Kier molecular flexibility index (Phi) is 7.36. The predicted octanol–water partition coefficient (Wildman–Crippen LogP) is 5.83. The topological polar surface area (TPSA) is 40.6 Å². The Hall–Kier alpha value is -3.24. The minimum absolute atomic E-state index is 0.250. The fourth-order valence-electron chi connectivity index (χ4n) is 4.63. The third-order valence-electron chi connectivity index (χ3n) is 6.73. The maximum Gasteiger partial charge on any atom is 0.275 e. The second-order valence-electron chi connectivity index (χ2n) is 9.07. The second-order valence-corrected chi connectivity index (χ2v) is 9.07. The van der Waals surface area contributed by atoms with Crippen molar-refractivity contribution in [3.8, 4) is 11.1 Å². The molecule has 1 aliphatic rings. The van der Waals surface area contributed by atoms with Gasteiger partial charge in [-0.25, -0.2) is 10.0 Å². The summed E-state index contributed by atoms with van der Waals surface area (Å²) in [6.45, 7) is 5.49. The molecule has 1 aliphatic heterocycles. The lowest BCUT2D eigenvalue weighted by Gasteiger charge is -2.36. The van der Waals surface area contributed by atoms with Gasteiger partial charge < -0.3 is 0 Å². The molecular formula is C29H32N2O2. The van der Waals surface area contributed by atoms with Crippen molar-refractivity contribution in [1.29, 1.82) is 0 Å². The number of carbonyl (C=O) groups excluding carboxylic acids is 2. The summed E-state index contributed by atoms with van der Waals surface area (Å²) in [6, 6.07) is 24.7. The normalized spacial score (nSPS) is 14.7. The molecule has 0 aromatic heterocycles. The van der Waals surface area contributed by atoms with Gasteiger partial charge in [0.25, 0.3) is 5.91 Å². The highest BCUT2D eigenvalue weighted by atomic mass is 16.2. The van der Waals surface area contributed by atoms with Crippen LogP contribution in [0.15, 0.2) is 72.8 Å². The molecule has 0 unspecified atom stereocenters. The lowest BCUT2D eigenvalue weighted by atomic mass is 9.91.